The van der Waals surface area contributed by atoms with E-state index in [0.717, 1.165) is 0 Å². The van der Waals surface area contributed by atoms with Crippen molar-refractivity contribution in [3.8, 4) is 22.5 Å². The Morgan fingerprint density at radius 1 is 0.868 bits per heavy atom. The number of benzene rings is 3. The van der Waals surface area contributed by atoms with Crippen LogP contribution in [0.5, 0.6) is 0 Å². The molecule has 0 radical (unpaired) electrons. The van der Waals surface area contributed by atoms with Gasteiger partial charge in [0.15, 0.2) is 0 Å². The minimum absolute atomic E-state index is 0.110. The summed E-state index contributed by atoms with van der Waals surface area (Å²) in [6, 6.07) is 13.0. The minimum Gasteiger partial charge on any atom is -0.478 e. The van der Waals surface area contributed by atoms with E-state index in [-0.39, 0.29) is 46.6 Å². The van der Waals surface area contributed by atoms with E-state index in [4.69, 9.17) is 13.9 Å². The topological polar surface area (TPSA) is 165 Å². The maximum Gasteiger partial charge on any atom is 0.434 e. The average molecular weight is 518 g/mol. The summed E-state index contributed by atoms with van der Waals surface area (Å²) in [6.07, 6.45) is -1.47. The highest BCUT2D eigenvalue weighted by molar-refractivity contribution is 6.09. The van der Waals surface area contributed by atoms with Crippen LogP contribution in [0.25, 0.3) is 33.4 Å². The van der Waals surface area contributed by atoms with Gasteiger partial charge in [-0.1, -0.05) is 0 Å². The predicted octanol–water partition coefficient (Wildman–Crippen LogP) is 5.23. The molecule has 0 saturated heterocycles. The second-order valence-corrected chi connectivity index (χ2v) is 7.90. The largest absolute Gasteiger partial charge is 0.478 e. The summed E-state index contributed by atoms with van der Waals surface area (Å²) in [5, 5.41) is 22.7. The summed E-state index contributed by atoms with van der Waals surface area (Å²) >= 11 is 0. The summed E-state index contributed by atoms with van der Waals surface area (Å²) in [6.45, 7) is 3.62. The number of ether oxygens (including phenoxy) is 2. The zero-order chi connectivity index (χ0) is 27.4. The van der Waals surface area contributed by atoms with Crippen LogP contribution in [0, 0.1) is 0 Å². The van der Waals surface area contributed by atoms with Crippen molar-refractivity contribution in [2.24, 2.45) is 4.99 Å². The zero-order valence-corrected chi connectivity index (χ0v) is 20.3. The Bertz CT molecular complexity index is 1620. The number of amides is 2. The van der Waals surface area contributed by atoms with Crippen molar-refractivity contribution in [1.29, 1.82) is 0 Å². The quantitative estimate of drug-likeness (QED) is 0.290. The highest BCUT2D eigenvalue weighted by Crippen LogP contribution is 2.42. The molecule has 0 bridgehead atoms. The van der Waals surface area contributed by atoms with Gasteiger partial charge in [0.1, 0.15) is 11.3 Å². The third-order valence-corrected chi connectivity index (χ3v) is 5.48. The number of carboxylic acids is 2. The zero-order valence-electron chi connectivity index (χ0n) is 20.3. The first-order chi connectivity index (χ1) is 18.2. The number of aromatic carboxylic acids is 2. The molecule has 1 aliphatic carbocycles. The minimum atomic E-state index is -1.26. The third kappa shape index (κ3) is 5.31. The highest BCUT2D eigenvalue weighted by Gasteiger charge is 2.23. The molecule has 11 nitrogen and oxygen atoms in total. The summed E-state index contributed by atoms with van der Waals surface area (Å²) in [4.78, 5) is 51.5. The molecule has 2 aromatic carbocycles. The van der Waals surface area contributed by atoms with Gasteiger partial charge in [-0.2, -0.15) is 4.99 Å². The van der Waals surface area contributed by atoms with Gasteiger partial charge < -0.3 is 24.1 Å². The Labute approximate surface area is 215 Å². The summed E-state index contributed by atoms with van der Waals surface area (Å²) in [5.74, 6) is -2.26. The van der Waals surface area contributed by atoms with Crippen LogP contribution in [-0.4, -0.2) is 47.6 Å². The second kappa shape index (κ2) is 10.8. The van der Waals surface area contributed by atoms with Gasteiger partial charge in [-0.25, -0.2) is 19.2 Å². The second-order valence-electron chi connectivity index (χ2n) is 7.90. The number of rotatable bonds is 6. The Morgan fingerprint density at radius 2 is 1.63 bits per heavy atom. The number of fused-ring (bicyclic) bond motifs is 2. The smallest absolute Gasteiger partial charge is 0.434 e. The van der Waals surface area contributed by atoms with Crippen LogP contribution in [0.15, 0.2) is 64.0 Å². The molecule has 1 heterocycles. The number of carbonyl (C=O) groups is 4. The average Bonchev–Trinajstić information content (AvgIpc) is 2.87. The van der Waals surface area contributed by atoms with E-state index < -0.39 is 24.1 Å². The Morgan fingerprint density at radius 3 is 2.32 bits per heavy atom. The molecule has 194 valence electrons. The fourth-order valence-electron chi connectivity index (χ4n) is 3.93. The van der Waals surface area contributed by atoms with E-state index in [9.17, 15) is 29.4 Å². The Hall–Kier alpha value is -5.19. The molecule has 2 aliphatic rings. The normalized spacial score (nSPS) is 11.4. The first-order valence-corrected chi connectivity index (χ1v) is 11.5. The van der Waals surface area contributed by atoms with E-state index in [1.807, 2.05) is 0 Å². The molecule has 0 aromatic heterocycles. The van der Waals surface area contributed by atoms with E-state index in [1.165, 1.54) is 36.4 Å². The molecule has 3 N–H and O–H groups in total. The van der Waals surface area contributed by atoms with Crippen molar-refractivity contribution >= 4 is 40.8 Å². The monoisotopic (exact) mass is 518 g/mol. The van der Waals surface area contributed by atoms with E-state index in [1.54, 1.807) is 32.0 Å². The van der Waals surface area contributed by atoms with Crippen LogP contribution in [0.1, 0.15) is 34.6 Å². The first kappa shape index (κ1) is 25.9. The van der Waals surface area contributed by atoms with E-state index >= 15 is 0 Å². The number of anilines is 1. The first-order valence-electron chi connectivity index (χ1n) is 11.5. The molecule has 0 fully saturated rings. The summed E-state index contributed by atoms with van der Waals surface area (Å²) < 4.78 is 15.9. The van der Waals surface area contributed by atoms with Crippen molar-refractivity contribution in [3.63, 3.8) is 0 Å². The summed E-state index contributed by atoms with van der Waals surface area (Å²) in [5.41, 5.74) is 1.31. The molecule has 38 heavy (non-hydrogen) atoms. The van der Waals surface area contributed by atoms with Gasteiger partial charge in [0.05, 0.1) is 29.7 Å². The number of carbonyl (C=O) groups excluding carboxylic acids is 2. The van der Waals surface area contributed by atoms with Crippen LogP contribution < -0.4 is 10.7 Å². The van der Waals surface area contributed by atoms with Gasteiger partial charge in [-0.15, -0.1) is 0 Å². The number of nitrogens with one attached hydrogen (secondary N) is 1. The van der Waals surface area contributed by atoms with Gasteiger partial charge in [0, 0.05) is 34.3 Å². The van der Waals surface area contributed by atoms with Crippen molar-refractivity contribution in [2.75, 3.05) is 18.5 Å². The standard InChI is InChI=1S/C27H22N2O9/c1-3-36-26(34)28-15-6-9-18-21(12-15)38-22-13-16(29-27(35)37-4-2)7-10-19(22)23(18)20-11-14(24(30)31)5-8-17(20)25(32)33/h5-13H,3-4H2,1-2H3,(H,28,34)(H,30,31)(H,32,33). The van der Waals surface area contributed by atoms with Crippen molar-refractivity contribution in [2.45, 2.75) is 13.8 Å². The van der Waals surface area contributed by atoms with Crippen LogP contribution in [0.3, 0.4) is 0 Å². The molecule has 0 spiro atoms. The molecule has 4 rings (SSSR count). The lowest BCUT2D eigenvalue weighted by molar-refractivity contribution is 0.0682. The van der Waals surface area contributed by atoms with Gasteiger partial charge >= 0.3 is 24.1 Å². The van der Waals surface area contributed by atoms with Gasteiger partial charge in [-0.3, -0.25) is 5.32 Å². The molecular weight excluding hydrogens is 496 g/mol. The molecule has 0 atom stereocenters. The maximum absolute atomic E-state index is 12.1. The number of carboxylic acid groups (broad SMARTS) is 2. The van der Waals surface area contributed by atoms with Crippen LogP contribution in [0.2, 0.25) is 0 Å². The molecule has 0 unspecified atom stereocenters. The third-order valence-electron chi connectivity index (χ3n) is 5.48. The van der Waals surface area contributed by atoms with Crippen LogP contribution in [0.4, 0.5) is 15.3 Å². The summed E-state index contributed by atoms with van der Waals surface area (Å²) in [7, 11) is 0. The predicted molar refractivity (Wildman–Crippen MR) is 135 cm³/mol. The fourth-order valence-corrected chi connectivity index (χ4v) is 3.93. The van der Waals surface area contributed by atoms with E-state index in [0.29, 0.717) is 22.2 Å². The molecule has 2 amide bonds. The number of nitrogens with zero attached hydrogens (tertiary/aromatic N) is 1. The molecule has 2 aromatic rings. The fraction of sp³-hybridized carbons (Fsp3) is 0.148. The van der Waals surface area contributed by atoms with Crippen molar-refractivity contribution in [1.82, 2.24) is 0 Å². The van der Waals surface area contributed by atoms with E-state index in [2.05, 4.69) is 10.3 Å². The molecule has 0 saturated carbocycles. The van der Waals surface area contributed by atoms with Crippen molar-refractivity contribution < 1.29 is 43.3 Å². The number of hydrogen-bond acceptors (Lipinski definition) is 7. The van der Waals surface area contributed by atoms with Gasteiger partial charge in [-0.05, 0) is 61.9 Å². The van der Waals surface area contributed by atoms with Gasteiger partial charge in [0.2, 0.25) is 0 Å². The SMILES string of the molecule is CCOC(=O)N=c1ccc2c(-c3cc(C(=O)O)ccc3C(=O)O)c3ccc(NC(=O)OCC)cc3oc-2c1. The lowest BCUT2D eigenvalue weighted by atomic mass is 9.89. The lowest BCUT2D eigenvalue weighted by Gasteiger charge is -2.18. The maximum atomic E-state index is 12.1. The lowest BCUT2D eigenvalue weighted by Crippen LogP contribution is -2.13. The number of hydrogen-bond donors (Lipinski definition) is 3. The molecule has 11 heteroatoms. The Balaban J connectivity index is 2.05. The van der Waals surface area contributed by atoms with Gasteiger partial charge in [0.25, 0.3) is 0 Å². The highest BCUT2D eigenvalue weighted by atomic mass is 16.5. The molecular formula is C27H22N2O9. The van der Waals surface area contributed by atoms with Crippen LogP contribution in [-0.2, 0) is 9.47 Å². The van der Waals surface area contributed by atoms with Crippen molar-refractivity contribution in [3.05, 3.63) is 71.1 Å². The molecule has 1 aliphatic heterocycles. The Kier molecular flexibility index (Phi) is 7.38. The van der Waals surface area contributed by atoms with Crippen LogP contribution >= 0.6 is 0 Å².